The third-order valence-electron chi connectivity index (χ3n) is 15.8. The van der Waals surface area contributed by atoms with Crippen molar-refractivity contribution in [3.63, 3.8) is 0 Å². The normalized spacial score (nSPS) is 13.4. The van der Waals surface area contributed by atoms with Crippen molar-refractivity contribution in [2.24, 2.45) is 21.1 Å². The molecule has 0 saturated carbocycles. The molecular formula is C60H60N6O24S6. The maximum atomic E-state index is 13.5. The van der Waals surface area contributed by atoms with Crippen LogP contribution in [0.25, 0.3) is 0 Å². The Morgan fingerprint density at radius 3 is 0.583 bits per heavy atom. The molecule has 10 rings (SSSR count). The van der Waals surface area contributed by atoms with E-state index >= 15 is 0 Å². The van der Waals surface area contributed by atoms with Gasteiger partial charge in [0.2, 0.25) is 0 Å². The molecule has 0 radical (unpaired) electrons. The van der Waals surface area contributed by atoms with E-state index < -0.39 is 148 Å². The van der Waals surface area contributed by atoms with Crippen LogP contribution in [0.5, 0.6) is 34.5 Å². The van der Waals surface area contributed by atoms with Crippen molar-refractivity contribution in [2.75, 3.05) is 21.3 Å². The van der Waals surface area contributed by atoms with E-state index in [4.69, 9.17) is 28.4 Å². The monoisotopic (exact) mass is 1440 g/mol. The van der Waals surface area contributed by atoms with E-state index in [1.165, 1.54) is 18.6 Å². The Labute approximate surface area is 551 Å². The molecule has 96 heavy (non-hydrogen) atoms. The maximum Gasteiger partial charge on any atom is 0.294 e. The van der Waals surface area contributed by atoms with Crippen LogP contribution in [0.2, 0.25) is 0 Å². The number of benzene rings is 6. The lowest BCUT2D eigenvalue weighted by molar-refractivity contribution is 0.286. The van der Waals surface area contributed by atoms with Crippen LogP contribution >= 0.6 is 0 Å². The van der Waals surface area contributed by atoms with E-state index in [1.807, 2.05) is 0 Å². The minimum atomic E-state index is -5.27. The van der Waals surface area contributed by atoms with Crippen molar-refractivity contribution < 1.29 is 106 Å². The summed E-state index contributed by atoms with van der Waals surface area (Å²) in [5.74, 6) is -0.452. The highest BCUT2D eigenvalue weighted by molar-refractivity contribution is 7.87. The molecule has 0 spiro atoms. The predicted molar refractivity (Wildman–Crippen MR) is 337 cm³/mol. The number of aryl methyl sites for hydroxylation is 3. The smallest absolute Gasteiger partial charge is 0.294 e. The summed E-state index contributed by atoms with van der Waals surface area (Å²) in [5.41, 5.74) is -2.06. The average molecular weight is 1440 g/mol. The topological polar surface area (TPSA) is 435 Å². The lowest BCUT2D eigenvalue weighted by Gasteiger charge is -2.23. The summed E-state index contributed by atoms with van der Waals surface area (Å²) in [7, 11) is -23.3. The van der Waals surface area contributed by atoms with Crippen LogP contribution in [0.3, 0.4) is 0 Å². The largest absolute Gasteiger partial charge is 0.496 e. The van der Waals surface area contributed by atoms with E-state index in [2.05, 4.69) is 15.0 Å². The number of aromatic nitrogens is 6. The third kappa shape index (κ3) is 15.4. The van der Waals surface area contributed by atoms with Gasteiger partial charge in [0.05, 0.1) is 50.7 Å². The van der Waals surface area contributed by atoms with Crippen LogP contribution in [0.1, 0.15) is 84.2 Å². The standard InChI is InChI=1S/C60H60N6O24S6/c1-64-10-7-61-52(64)31-88-58-40-13-34-19-46(91(67,68)69)21-36(55(34)85-4)15-42-27-50(95(79,80)81)29-44(59(42)89-32-53-62-8-11-65(53)2)17-38-23-48(93(73,74)75)24-39(57(38)87-6)18-45-30-51(96(82,83)84)28-43(60(45)90-33-54-63-9-12-66(54)3)16-37-22-47(92(70,71)72)20-35(56(37)86-5)14-41(58)26-49(25-40)94(76,77)78/h7-12,19-30H,13-18,31-33H2,1-6H3,(H,67,68,69)(H,70,71,72)(H,73,74,75)(H,76,77,78)(H,79,80,81)(H,82,83,84). The van der Waals surface area contributed by atoms with Crippen LogP contribution in [0.4, 0.5) is 0 Å². The van der Waals surface area contributed by atoms with Crippen molar-refractivity contribution in [1.29, 1.82) is 0 Å². The molecule has 36 heteroatoms. The van der Waals surface area contributed by atoms with Gasteiger partial charge in [0.25, 0.3) is 60.7 Å². The number of hydrogen-bond donors (Lipinski definition) is 6. The molecular weight excluding hydrogens is 1380 g/mol. The van der Waals surface area contributed by atoms with Gasteiger partial charge in [-0.15, -0.1) is 0 Å². The van der Waals surface area contributed by atoms with Crippen LogP contribution in [-0.2, 0) is 140 Å². The number of nitrogens with zero attached hydrogens (tertiary/aromatic N) is 6. The summed E-state index contributed by atoms with van der Waals surface area (Å²) < 4.78 is 270. The molecule has 0 unspecified atom stereocenters. The summed E-state index contributed by atoms with van der Waals surface area (Å²) >= 11 is 0. The van der Waals surface area contributed by atoms with E-state index in [-0.39, 0.29) is 119 Å². The average Bonchev–Trinajstić information content (AvgIpc) is 0.801. The van der Waals surface area contributed by atoms with Crippen molar-refractivity contribution in [2.45, 2.75) is 87.7 Å². The fourth-order valence-electron chi connectivity index (χ4n) is 11.4. The molecule has 6 aromatic carbocycles. The Balaban J connectivity index is 1.36. The third-order valence-corrected chi connectivity index (χ3v) is 20.8. The first-order chi connectivity index (χ1) is 44.9. The van der Waals surface area contributed by atoms with E-state index in [9.17, 15) is 77.8 Å². The fraction of sp³-hybridized carbons (Fsp3) is 0.250. The van der Waals surface area contributed by atoms with Crippen molar-refractivity contribution in [3.8, 4) is 34.5 Å². The maximum absolute atomic E-state index is 13.5. The number of methoxy groups -OCH3 is 3. The Kier molecular flexibility index (Phi) is 19.5. The summed E-state index contributed by atoms with van der Waals surface area (Å²) in [6.45, 7) is -1.20. The van der Waals surface area contributed by atoms with Crippen molar-refractivity contribution in [3.05, 3.63) is 194 Å². The Hall–Kier alpha value is -8.79. The molecule has 3 aromatic heterocycles. The Morgan fingerprint density at radius 1 is 0.302 bits per heavy atom. The SMILES string of the molecule is COc1c2cc(S(=O)(=O)O)cc1Cc1cc(S(=O)(=O)O)cc(c1OCc1nccn1C)Cc1cc(S(=O)(=O)O)cc(c1OC)Cc1cc(S(=O)(=O)O)cc(c1OCc1nccn1C)Cc1cc(S(=O)(=O)O)cc(c1OC)Cc1cc(S(=O)(=O)O)cc(c1OCc1nccn1C)C2. The second-order valence-electron chi connectivity index (χ2n) is 22.2. The Bertz CT molecular complexity index is 4650. The van der Waals surface area contributed by atoms with Crippen LogP contribution < -0.4 is 28.4 Å². The van der Waals surface area contributed by atoms with Crippen molar-refractivity contribution >= 4 is 60.7 Å². The predicted octanol–water partition coefficient (Wildman–Crippen LogP) is 5.99. The molecule has 1 aliphatic carbocycles. The highest BCUT2D eigenvalue weighted by atomic mass is 32.2. The van der Waals surface area contributed by atoms with Gasteiger partial charge < -0.3 is 42.1 Å². The number of ether oxygens (including phenoxy) is 6. The summed E-state index contributed by atoms with van der Waals surface area (Å²) in [5, 5.41) is 0. The van der Waals surface area contributed by atoms with Crippen LogP contribution in [0.15, 0.2) is 139 Å². The van der Waals surface area contributed by atoms with Crippen LogP contribution in [-0.4, -0.2) is 128 Å². The second kappa shape index (κ2) is 26.7. The lowest BCUT2D eigenvalue weighted by atomic mass is 9.91. The van der Waals surface area contributed by atoms with Gasteiger partial charge in [0, 0.05) is 164 Å². The van der Waals surface area contributed by atoms with Gasteiger partial charge >= 0.3 is 0 Å². The first kappa shape index (κ1) is 70.0. The molecule has 12 bridgehead atoms. The molecule has 0 saturated heterocycles. The molecule has 510 valence electrons. The van der Waals surface area contributed by atoms with E-state index in [1.54, 1.807) is 53.4 Å². The van der Waals surface area contributed by atoms with Gasteiger partial charge in [-0.05, 0) is 72.8 Å². The molecule has 30 nitrogen and oxygen atoms in total. The van der Waals surface area contributed by atoms with Crippen LogP contribution in [0, 0.1) is 0 Å². The van der Waals surface area contributed by atoms with Gasteiger partial charge in [-0.25, -0.2) is 15.0 Å². The quantitative estimate of drug-likeness (QED) is 0.0537. The highest BCUT2D eigenvalue weighted by Crippen LogP contribution is 2.44. The first-order valence-electron chi connectivity index (χ1n) is 28.1. The first-order valence-corrected chi connectivity index (χ1v) is 36.7. The fourth-order valence-corrected chi connectivity index (χ4v) is 14.9. The number of hydrogen-bond acceptors (Lipinski definition) is 21. The van der Waals surface area contributed by atoms with E-state index in [0.29, 0.717) is 0 Å². The van der Waals surface area contributed by atoms with Crippen molar-refractivity contribution in [1.82, 2.24) is 28.7 Å². The highest BCUT2D eigenvalue weighted by Gasteiger charge is 2.31. The zero-order valence-electron chi connectivity index (χ0n) is 51.4. The summed E-state index contributed by atoms with van der Waals surface area (Å²) in [6, 6.07) is 11.7. The minimum absolute atomic E-state index is 0.168. The molecule has 9 aromatic rings. The zero-order valence-corrected chi connectivity index (χ0v) is 56.3. The lowest BCUT2D eigenvalue weighted by Crippen LogP contribution is -2.13. The number of imidazole rings is 3. The second-order valence-corrected chi connectivity index (χ2v) is 30.7. The molecule has 1 aliphatic rings. The van der Waals surface area contributed by atoms with Gasteiger partial charge in [0.15, 0.2) is 0 Å². The summed E-state index contributed by atoms with van der Waals surface area (Å²) in [4.78, 5) is 8.12. The molecule has 0 atom stereocenters. The molecule has 3 heterocycles. The van der Waals surface area contributed by atoms with Gasteiger partial charge in [0.1, 0.15) is 71.8 Å². The number of rotatable bonds is 18. The van der Waals surface area contributed by atoms with Gasteiger partial charge in [-0.1, -0.05) is 0 Å². The van der Waals surface area contributed by atoms with Gasteiger partial charge in [-0.3, -0.25) is 27.3 Å². The molecule has 6 N–H and O–H groups in total. The zero-order chi connectivity index (χ0) is 69.8. The minimum Gasteiger partial charge on any atom is -0.496 e. The van der Waals surface area contributed by atoms with E-state index in [0.717, 1.165) is 94.1 Å². The number of fused-ring (bicyclic) bond motifs is 12. The Morgan fingerprint density at radius 2 is 0.458 bits per heavy atom. The molecule has 0 fully saturated rings. The summed E-state index contributed by atoms with van der Waals surface area (Å²) in [6.07, 6.45) is 5.21. The van der Waals surface area contributed by atoms with Gasteiger partial charge in [-0.2, -0.15) is 50.5 Å². The molecule has 0 amide bonds. The molecule has 0 aliphatic heterocycles.